The maximum atomic E-state index is 12.9. The minimum Gasteiger partial charge on any atom is -0.386 e. The Morgan fingerprint density at radius 1 is 1.08 bits per heavy atom. The van der Waals surface area contributed by atoms with Gasteiger partial charge in [-0.3, -0.25) is 14.3 Å². The fourth-order valence-corrected chi connectivity index (χ4v) is 4.61. The molecular weight excluding hydrogens is 456 g/mol. The van der Waals surface area contributed by atoms with Gasteiger partial charge in [-0.25, -0.2) is 9.97 Å². The second-order valence-electron chi connectivity index (χ2n) is 10.2. The summed E-state index contributed by atoms with van der Waals surface area (Å²) in [7, 11) is 3.44. The molecule has 4 N–H and O–H groups in total. The highest BCUT2D eigenvalue weighted by Crippen LogP contribution is 2.44. The van der Waals surface area contributed by atoms with Gasteiger partial charge in [0, 0.05) is 38.2 Å². The van der Waals surface area contributed by atoms with Crippen molar-refractivity contribution in [3.63, 3.8) is 0 Å². The van der Waals surface area contributed by atoms with E-state index in [1.807, 2.05) is 38.1 Å². The van der Waals surface area contributed by atoms with Crippen molar-refractivity contribution >= 4 is 23.6 Å². The summed E-state index contributed by atoms with van der Waals surface area (Å²) in [6.45, 7) is 4.03. The monoisotopic (exact) mass is 488 g/mol. The van der Waals surface area contributed by atoms with Crippen LogP contribution in [0.15, 0.2) is 54.0 Å². The minimum absolute atomic E-state index is 0.0185. The van der Waals surface area contributed by atoms with Crippen molar-refractivity contribution in [3.05, 3.63) is 60.2 Å². The Bertz CT molecular complexity index is 1290. The summed E-state index contributed by atoms with van der Waals surface area (Å²) < 4.78 is 1.60. The molecule has 2 heterocycles. The van der Waals surface area contributed by atoms with E-state index < -0.39 is 16.7 Å². The van der Waals surface area contributed by atoms with E-state index in [0.29, 0.717) is 17.9 Å². The van der Waals surface area contributed by atoms with Crippen LogP contribution in [0.3, 0.4) is 0 Å². The number of anilines is 1. The number of rotatable bonds is 7. The van der Waals surface area contributed by atoms with E-state index in [0.717, 1.165) is 36.0 Å². The number of amides is 2. The SMILES string of the molecule is CN(C)C(=O)C(C)(C)Cn1cc(C(=O)N=C(N)C2(c3ccc(-c4cnc(N)nc4)cc3)CCC2)cn1. The number of aromatic nitrogens is 4. The van der Waals surface area contributed by atoms with Crippen LogP contribution in [0.5, 0.6) is 0 Å². The third-order valence-electron chi connectivity index (χ3n) is 6.78. The summed E-state index contributed by atoms with van der Waals surface area (Å²) in [5.41, 5.74) is 14.1. The molecule has 3 aromatic rings. The summed E-state index contributed by atoms with van der Waals surface area (Å²) in [5.74, 6) is 0.0688. The minimum atomic E-state index is -0.668. The molecule has 10 nitrogen and oxygen atoms in total. The highest BCUT2D eigenvalue weighted by atomic mass is 16.2. The van der Waals surface area contributed by atoms with Gasteiger partial charge in [-0.15, -0.1) is 0 Å². The van der Waals surface area contributed by atoms with Crippen LogP contribution in [0.25, 0.3) is 11.1 Å². The Hall–Kier alpha value is -4.08. The molecule has 0 aliphatic heterocycles. The van der Waals surface area contributed by atoms with Crippen molar-refractivity contribution in [2.75, 3.05) is 19.8 Å². The molecule has 1 aliphatic carbocycles. The first-order chi connectivity index (χ1) is 17.0. The van der Waals surface area contributed by atoms with Gasteiger partial charge in [0.1, 0.15) is 5.84 Å². The molecule has 1 saturated carbocycles. The van der Waals surface area contributed by atoms with E-state index >= 15 is 0 Å². The fourth-order valence-electron chi connectivity index (χ4n) is 4.61. The zero-order chi connectivity index (χ0) is 26.1. The summed E-state index contributed by atoms with van der Waals surface area (Å²) in [6.07, 6.45) is 9.09. The average Bonchev–Trinajstić information content (AvgIpc) is 3.26. The van der Waals surface area contributed by atoms with Crippen LogP contribution < -0.4 is 11.5 Å². The van der Waals surface area contributed by atoms with Crippen molar-refractivity contribution in [1.29, 1.82) is 0 Å². The number of nitrogens with zero attached hydrogens (tertiary/aromatic N) is 6. The van der Waals surface area contributed by atoms with Crippen molar-refractivity contribution in [1.82, 2.24) is 24.6 Å². The first-order valence-corrected chi connectivity index (χ1v) is 11.8. The highest BCUT2D eigenvalue weighted by molar-refractivity contribution is 6.06. The van der Waals surface area contributed by atoms with E-state index in [9.17, 15) is 9.59 Å². The van der Waals surface area contributed by atoms with Gasteiger partial charge in [0.2, 0.25) is 11.9 Å². The molecule has 2 amide bonds. The number of carbonyl (C=O) groups excluding carboxylic acids is 2. The first-order valence-electron chi connectivity index (χ1n) is 11.8. The molecule has 10 heteroatoms. The lowest BCUT2D eigenvalue weighted by Gasteiger charge is -2.41. The molecule has 0 atom stereocenters. The maximum absolute atomic E-state index is 12.9. The van der Waals surface area contributed by atoms with Gasteiger partial charge in [0.15, 0.2) is 0 Å². The summed E-state index contributed by atoms with van der Waals surface area (Å²) in [4.78, 5) is 39.3. The van der Waals surface area contributed by atoms with Crippen molar-refractivity contribution < 1.29 is 9.59 Å². The number of carbonyl (C=O) groups is 2. The van der Waals surface area contributed by atoms with E-state index in [4.69, 9.17) is 11.5 Å². The lowest BCUT2D eigenvalue weighted by Crippen LogP contribution is -2.47. The molecule has 188 valence electrons. The topological polar surface area (TPSA) is 145 Å². The molecule has 4 rings (SSSR count). The van der Waals surface area contributed by atoms with Gasteiger partial charge < -0.3 is 16.4 Å². The number of hydrogen-bond acceptors (Lipinski definition) is 6. The summed E-state index contributed by atoms with van der Waals surface area (Å²) in [6, 6.07) is 8.00. The van der Waals surface area contributed by atoms with Crippen LogP contribution in [-0.4, -0.2) is 56.4 Å². The maximum Gasteiger partial charge on any atom is 0.281 e. The van der Waals surface area contributed by atoms with Crippen LogP contribution in [0.2, 0.25) is 0 Å². The number of aliphatic imine (C=N–C) groups is 1. The Morgan fingerprint density at radius 2 is 1.72 bits per heavy atom. The zero-order valence-corrected chi connectivity index (χ0v) is 21.1. The Labute approximate surface area is 210 Å². The van der Waals surface area contributed by atoms with Crippen LogP contribution in [0.1, 0.15) is 49.0 Å². The molecule has 0 unspecified atom stereocenters. The molecule has 36 heavy (non-hydrogen) atoms. The molecule has 0 bridgehead atoms. The van der Waals surface area contributed by atoms with E-state index in [1.165, 1.54) is 6.20 Å². The Kier molecular flexibility index (Phi) is 6.62. The molecule has 2 aromatic heterocycles. The molecule has 1 aliphatic rings. The predicted molar refractivity (Wildman–Crippen MR) is 138 cm³/mol. The number of benzene rings is 1. The first kappa shape index (κ1) is 25.0. The van der Waals surface area contributed by atoms with Crippen LogP contribution in [0.4, 0.5) is 5.95 Å². The smallest absolute Gasteiger partial charge is 0.281 e. The highest BCUT2D eigenvalue weighted by Gasteiger charge is 2.43. The van der Waals surface area contributed by atoms with Crippen LogP contribution >= 0.6 is 0 Å². The molecule has 0 spiro atoms. The van der Waals surface area contributed by atoms with Gasteiger partial charge in [0.05, 0.1) is 29.1 Å². The van der Waals surface area contributed by atoms with Crippen molar-refractivity contribution in [3.8, 4) is 11.1 Å². The quantitative estimate of drug-likeness (QED) is 0.384. The number of amidine groups is 1. The van der Waals surface area contributed by atoms with E-state index in [-0.39, 0.29) is 11.9 Å². The lowest BCUT2D eigenvalue weighted by atomic mass is 9.63. The molecule has 0 radical (unpaired) electrons. The van der Waals surface area contributed by atoms with Gasteiger partial charge in [0.25, 0.3) is 5.91 Å². The third kappa shape index (κ3) is 4.84. The number of nitrogen functional groups attached to an aromatic ring is 1. The summed E-state index contributed by atoms with van der Waals surface area (Å²) >= 11 is 0. The lowest BCUT2D eigenvalue weighted by molar-refractivity contribution is -0.138. The number of nitrogens with two attached hydrogens (primary N) is 2. The second kappa shape index (κ2) is 9.52. The number of hydrogen-bond donors (Lipinski definition) is 2. The van der Waals surface area contributed by atoms with E-state index in [1.54, 1.807) is 42.3 Å². The molecule has 1 fully saturated rings. The van der Waals surface area contributed by atoms with Gasteiger partial charge in [-0.05, 0) is 37.8 Å². The second-order valence-corrected chi connectivity index (χ2v) is 10.2. The molecule has 1 aromatic carbocycles. The standard InChI is InChI=1S/C26H32N8O2/c1-25(2,23(36)33(3)4)16-34-15-19(14-31-34)21(35)32-22(27)26(10-5-11-26)20-8-6-17(7-9-20)18-12-29-24(28)30-13-18/h6-9,12-15H,5,10-11,16H2,1-4H3,(H2,27,32,35)(H2,28,29,30). The van der Waals surface area contributed by atoms with Crippen molar-refractivity contribution in [2.24, 2.45) is 16.1 Å². The summed E-state index contributed by atoms with van der Waals surface area (Å²) in [5, 5.41) is 4.27. The normalized spacial score (nSPS) is 15.3. The Balaban J connectivity index is 1.51. The van der Waals surface area contributed by atoms with Crippen molar-refractivity contribution in [2.45, 2.75) is 45.1 Å². The van der Waals surface area contributed by atoms with Crippen LogP contribution in [-0.2, 0) is 16.8 Å². The van der Waals surface area contributed by atoms with Crippen LogP contribution in [0, 0.1) is 5.41 Å². The average molecular weight is 489 g/mol. The largest absolute Gasteiger partial charge is 0.386 e. The zero-order valence-electron chi connectivity index (χ0n) is 21.1. The van der Waals surface area contributed by atoms with Gasteiger partial charge in [-0.2, -0.15) is 10.1 Å². The predicted octanol–water partition coefficient (Wildman–Crippen LogP) is 2.66. The molecular formula is C26H32N8O2. The Morgan fingerprint density at radius 3 is 2.28 bits per heavy atom. The third-order valence-corrected chi connectivity index (χ3v) is 6.78. The fraction of sp³-hybridized carbons (Fsp3) is 0.385. The van der Waals surface area contributed by atoms with Gasteiger partial charge >= 0.3 is 0 Å². The van der Waals surface area contributed by atoms with E-state index in [2.05, 4.69) is 20.1 Å². The van der Waals surface area contributed by atoms with Gasteiger partial charge in [-0.1, -0.05) is 30.7 Å². The molecule has 0 saturated heterocycles.